The Morgan fingerprint density at radius 1 is 1.03 bits per heavy atom. The van der Waals surface area contributed by atoms with E-state index < -0.39 is 42.2 Å². The van der Waals surface area contributed by atoms with Crippen molar-refractivity contribution >= 4 is 17.9 Å². The zero-order chi connectivity index (χ0) is 28.5. The van der Waals surface area contributed by atoms with Gasteiger partial charge in [0.1, 0.15) is 23.4 Å². The van der Waals surface area contributed by atoms with Gasteiger partial charge >= 0.3 is 6.09 Å². The highest BCUT2D eigenvalue weighted by molar-refractivity contribution is 5.92. The Bertz CT molecular complexity index is 1130. The molecular formula is C29H37N3O6. The van der Waals surface area contributed by atoms with Crippen molar-refractivity contribution < 1.29 is 29.3 Å². The number of phenolic OH excluding ortho intramolecular Hbond substituents is 1. The van der Waals surface area contributed by atoms with Crippen LogP contribution in [0, 0.1) is 12.3 Å². The highest BCUT2D eigenvalue weighted by Crippen LogP contribution is 2.24. The molecule has 4 N–H and O–H groups in total. The zero-order valence-electron chi connectivity index (χ0n) is 22.5. The number of hydrogen-bond acceptors (Lipinski definition) is 6. The molecule has 2 aromatic rings. The van der Waals surface area contributed by atoms with Crippen molar-refractivity contribution in [2.75, 3.05) is 13.2 Å². The van der Waals surface area contributed by atoms with E-state index in [9.17, 15) is 24.6 Å². The van der Waals surface area contributed by atoms with Gasteiger partial charge in [-0.1, -0.05) is 30.2 Å². The van der Waals surface area contributed by atoms with E-state index in [4.69, 9.17) is 11.2 Å². The van der Waals surface area contributed by atoms with E-state index in [1.54, 1.807) is 71.0 Å². The summed E-state index contributed by atoms with van der Waals surface area (Å²) in [4.78, 5) is 41.3. The summed E-state index contributed by atoms with van der Waals surface area (Å²) in [5.74, 6) is 1.53. The molecule has 0 aliphatic heterocycles. The van der Waals surface area contributed by atoms with Gasteiger partial charge in [-0.3, -0.25) is 9.59 Å². The summed E-state index contributed by atoms with van der Waals surface area (Å²) in [5, 5.41) is 25.0. The lowest BCUT2D eigenvalue weighted by Crippen LogP contribution is -2.54. The normalized spacial score (nSPS) is 12.7. The second kappa shape index (κ2) is 13.5. The fraction of sp³-hybridized carbons (Fsp3) is 0.414. The first-order chi connectivity index (χ1) is 17.8. The van der Waals surface area contributed by atoms with E-state index >= 15 is 0 Å². The number of carbonyl (C=O) groups excluding carboxylic acids is 3. The van der Waals surface area contributed by atoms with E-state index in [2.05, 4.69) is 16.6 Å². The average molecular weight is 524 g/mol. The van der Waals surface area contributed by atoms with Gasteiger partial charge in [-0.15, -0.1) is 6.42 Å². The van der Waals surface area contributed by atoms with Crippen LogP contribution in [-0.2, 0) is 20.7 Å². The average Bonchev–Trinajstić information content (AvgIpc) is 2.83. The van der Waals surface area contributed by atoms with Gasteiger partial charge in [-0.05, 0) is 70.0 Å². The van der Waals surface area contributed by atoms with Crippen molar-refractivity contribution in [2.24, 2.45) is 0 Å². The third-order valence-corrected chi connectivity index (χ3v) is 5.37. The second-order valence-corrected chi connectivity index (χ2v) is 10.2. The van der Waals surface area contributed by atoms with Crippen molar-refractivity contribution in [2.45, 2.75) is 64.8 Å². The number of benzene rings is 2. The number of ether oxygens (including phenoxy) is 1. The maximum absolute atomic E-state index is 14.0. The minimum absolute atomic E-state index is 0.0504. The standard InChI is InChI=1S/C29H37N3O6/c1-7-20-8-12-22(13-9-20)25(26(35)30-19(2)3)32(16-17-33)27(36)24(31-28(37)38-29(4,5)6)18-21-10-14-23(34)15-11-21/h1,8-15,19,24-25,33-34H,16-18H2,2-6H3,(H,30,35)(H,31,37). The minimum Gasteiger partial charge on any atom is -0.508 e. The van der Waals surface area contributed by atoms with Gasteiger partial charge in [0.25, 0.3) is 0 Å². The molecule has 0 bridgehead atoms. The molecule has 2 unspecified atom stereocenters. The fourth-order valence-corrected chi connectivity index (χ4v) is 3.79. The highest BCUT2D eigenvalue weighted by Gasteiger charge is 2.36. The molecule has 3 amide bonds. The molecule has 0 aliphatic rings. The lowest BCUT2D eigenvalue weighted by Gasteiger charge is -2.34. The molecule has 0 aliphatic carbocycles. The van der Waals surface area contributed by atoms with Gasteiger partial charge in [0.05, 0.1) is 6.61 Å². The number of nitrogens with one attached hydrogen (secondary N) is 2. The van der Waals surface area contributed by atoms with E-state index in [-0.39, 0.29) is 24.8 Å². The quantitative estimate of drug-likeness (QED) is 0.355. The molecule has 204 valence electrons. The van der Waals surface area contributed by atoms with Crippen molar-refractivity contribution in [1.82, 2.24) is 15.5 Å². The molecule has 38 heavy (non-hydrogen) atoms. The van der Waals surface area contributed by atoms with Crippen molar-refractivity contribution in [3.63, 3.8) is 0 Å². The molecule has 0 fully saturated rings. The van der Waals surface area contributed by atoms with Crippen LogP contribution in [0.2, 0.25) is 0 Å². The SMILES string of the molecule is C#Cc1ccc(C(C(=O)NC(C)C)N(CCO)C(=O)C(Cc2ccc(O)cc2)NC(=O)OC(C)(C)C)cc1. The van der Waals surface area contributed by atoms with Gasteiger partial charge in [-0.2, -0.15) is 0 Å². The Labute approximate surface area is 224 Å². The Morgan fingerprint density at radius 2 is 1.63 bits per heavy atom. The first-order valence-electron chi connectivity index (χ1n) is 12.4. The van der Waals surface area contributed by atoms with Crippen molar-refractivity contribution in [3.8, 4) is 18.1 Å². The summed E-state index contributed by atoms with van der Waals surface area (Å²) in [6.07, 6.45) is 4.72. The largest absolute Gasteiger partial charge is 0.508 e. The molecule has 2 aromatic carbocycles. The predicted octanol–water partition coefficient (Wildman–Crippen LogP) is 2.90. The van der Waals surface area contributed by atoms with E-state index in [1.165, 1.54) is 17.0 Å². The summed E-state index contributed by atoms with van der Waals surface area (Å²) >= 11 is 0. The van der Waals surface area contributed by atoms with Gasteiger partial charge in [0.2, 0.25) is 11.8 Å². The van der Waals surface area contributed by atoms with Crippen LogP contribution in [0.25, 0.3) is 0 Å². The Morgan fingerprint density at radius 3 is 2.13 bits per heavy atom. The van der Waals surface area contributed by atoms with Crippen LogP contribution in [0.4, 0.5) is 4.79 Å². The monoisotopic (exact) mass is 523 g/mol. The summed E-state index contributed by atoms with van der Waals surface area (Å²) in [7, 11) is 0. The van der Waals surface area contributed by atoms with Gasteiger partial charge in [-0.25, -0.2) is 4.79 Å². The first kappa shape index (κ1) is 30.2. The summed E-state index contributed by atoms with van der Waals surface area (Å²) in [5.41, 5.74) is 0.945. The number of hydrogen-bond donors (Lipinski definition) is 4. The lowest BCUT2D eigenvalue weighted by molar-refractivity contribution is -0.143. The van der Waals surface area contributed by atoms with Crippen molar-refractivity contribution in [1.29, 1.82) is 0 Å². The van der Waals surface area contributed by atoms with Crippen molar-refractivity contribution in [3.05, 3.63) is 65.2 Å². The third-order valence-electron chi connectivity index (χ3n) is 5.37. The van der Waals surface area contributed by atoms with Crippen LogP contribution in [0.15, 0.2) is 48.5 Å². The molecule has 9 heteroatoms. The number of amides is 3. The number of rotatable bonds is 10. The van der Waals surface area contributed by atoms with Crippen LogP contribution in [0.3, 0.4) is 0 Å². The molecular weight excluding hydrogens is 486 g/mol. The predicted molar refractivity (Wildman–Crippen MR) is 144 cm³/mol. The van der Waals surface area contributed by atoms with Gasteiger partial charge < -0.3 is 30.5 Å². The maximum Gasteiger partial charge on any atom is 0.408 e. The Kier molecular flexibility index (Phi) is 10.7. The second-order valence-electron chi connectivity index (χ2n) is 10.2. The van der Waals surface area contributed by atoms with E-state index in [0.29, 0.717) is 16.7 Å². The van der Waals surface area contributed by atoms with E-state index in [1.807, 2.05) is 0 Å². The highest BCUT2D eigenvalue weighted by atomic mass is 16.6. The van der Waals surface area contributed by atoms with Crippen LogP contribution < -0.4 is 10.6 Å². The summed E-state index contributed by atoms with van der Waals surface area (Å²) in [6, 6.07) is 10.4. The summed E-state index contributed by atoms with van der Waals surface area (Å²) in [6.45, 7) is 8.11. The number of alkyl carbamates (subject to hydrolysis) is 1. The number of aromatic hydroxyl groups is 1. The maximum atomic E-state index is 14.0. The lowest BCUT2D eigenvalue weighted by atomic mass is 9.99. The molecule has 2 rings (SSSR count). The number of carbonyl (C=O) groups is 3. The minimum atomic E-state index is -1.14. The number of aliphatic hydroxyl groups excluding tert-OH is 1. The number of aliphatic hydroxyl groups is 1. The zero-order valence-corrected chi connectivity index (χ0v) is 22.5. The molecule has 0 heterocycles. The Balaban J connectivity index is 2.52. The van der Waals surface area contributed by atoms with Crippen LogP contribution in [-0.4, -0.2) is 63.9 Å². The number of phenols is 1. The van der Waals surface area contributed by atoms with Crippen LogP contribution in [0.5, 0.6) is 5.75 Å². The molecule has 0 saturated carbocycles. The smallest absolute Gasteiger partial charge is 0.408 e. The fourth-order valence-electron chi connectivity index (χ4n) is 3.79. The number of nitrogens with zero attached hydrogens (tertiary/aromatic N) is 1. The Hall–Kier alpha value is -4.03. The van der Waals surface area contributed by atoms with Crippen LogP contribution in [0.1, 0.15) is 57.4 Å². The van der Waals surface area contributed by atoms with Gasteiger partial charge in [0, 0.05) is 24.6 Å². The summed E-state index contributed by atoms with van der Waals surface area (Å²) < 4.78 is 5.38. The number of terminal acetylenes is 1. The molecule has 2 atom stereocenters. The molecule has 0 saturated heterocycles. The van der Waals surface area contributed by atoms with Crippen LogP contribution >= 0.6 is 0 Å². The molecule has 0 aromatic heterocycles. The van der Waals surface area contributed by atoms with E-state index in [0.717, 1.165) is 0 Å². The third kappa shape index (κ3) is 9.12. The first-order valence-corrected chi connectivity index (χ1v) is 12.4. The topological polar surface area (TPSA) is 128 Å². The molecule has 9 nitrogen and oxygen atoms in total. The van der Waals surface area contributed by atoms with Gasteiger partial charge in [0.15, 0.2) is 0 Å². The molecule has 0 radical (unpaired) electrons. The molecule has 0 spiro atoms.